The third kappa shape index (κ3) is 2.45. The van der Waals surface area contributed by atoms with Gasteiger partial charge in [-0.25, -0.2) is 0 Å². The lowest BCUT2D eigenvalue weighted by atomic mass is 9.82. The number of nitrogens with zero attached hydrogens (tertiary/aromatic N) is 1. The molecule has 0 atom stereocenters. The fraction of sp³-hybridized carbons (Fsp3) is 0.111. The Labute approximate surface area is 192 Å². The van der Waals surface area contributed by atoms with Crippen LogP contribution >= 0.6 is 31.9 Å². The molecule has 0 N–H and O–H groups in total. The van der Waals surface area contributed by atoms with Crippen LogP contribution in [0.4, 0.5) is 0 Å². The molecule has 5 aromatic rings. The van der Waals surface area contributed by atoms with Crippen molar-refractivity contribution in [2.45, 2.75) is 19.3 Å². The molecule has 6 rings (SSSR count). The van der Waals surface area contributed by atoms with Crippen molar-refractivity contribution < 1.29 is 0 Å². The van der Waals surface area contributed by atoms with Gasteiger partial charge in [-0.15, -0.1) is 0 Å². The molecule has 0 saturated carbocycles. The highest BCUT2D eigenvalue weighted by Gasteiger charge is 2.35. The Hall–Kier alpha value is -2.36. The molecule has 0 saturated heterocycles. The second kappa shape index (κ2) is 6.32. The van der Waals surface area contributed by atoms with E-state index >= 15 is 0 Å². The molecule has 1 nitrogen and oxygen atoms in total. The molecular formula is C27H19Br2N. The fourth-order valence-corrected chi connectivity index (χ4v) is 5.80. The van der Waals surface area contributed by atoms with E-state index in [-0.39, 0.29) is 5.41 Å². The minimum Gasteiger partial charge on any atom is -0.309 e. The van der Waals surface area contributed by atoms with Gasteiger partial charge in [0.2, 0.25) is 0 Å². The van der Waals surface area contributed by atoms with Crippen LogP contribution in [-0.2, 0) is 5.41 Å². The summed E-state index contributed by atoms with van der Waals surface area (Å²) >= 11 is 7.31. The summed E-state index contributed by atoms with van der Waals surface area (Å²) in [6.45, 7) is 4.67. The van der Waals surface area contributed by atoms with E-state index < -0.39 is 0 Å². The molecule has 146 valence electrons. The minimum atomic E-state index is -0.00719. The van der Waals surface area contributed by atoms with Gasteiger partial charge in [-0.05, 0) is 70.8 Å². The highest BCUT2D eigenvalue weighted by Crippen LogP contribution is 2.49. The van der Waals surface area contributed by atoms with Gasteiger partial charge in [-0.2, -0.15) is 0 Å². The topological polar surface area (TPSA) is 4.93 Å². The van der Waals surface area contributed by atoms with Crippen molar-refractivity contribution >= 4 is 53.7 Å². The van der Waals surface area contributed by atoms with E-state index in [0.29, 0.717) is 0 Å². The van der Waals surface area contributed by atoms with Crippen LogP contribution in [0.1, 0.15) is 25.0 Å². The van der Waals surface area contributed by atoms with Crippen LogP contribution in [0.2, 0.25) is 0 Å². The summed E-state index contributed by atoms with van der Waals surface area (Å²) in [7, 11) is 0. The van der Waals surface area contributed by atoms with Gasteiger partial charge in [0.05, 0.1) is 11.0 Å². The zero-order valence-electron chi connectivity index (χ0n) is 16.7. The maximum atomic E-state index is 3.65. The average molecular weight is 517 g/mol. The molecule has 1 aliphatic rings. The summed E-state index contributed by atoms with van der Waals surface area (Å²) in [6.07, 6.45) is 0. The Morgan fingerprint density at radius 1 is 0.633 bits per heavy atom. The van der Waals surface area contributed by atoms with E-state index in [9.17, 15) is 0 Å². The number of halogens is 2. The molecule has 30 heavy (non-hydrogen) atoms. The SMILES string of the molecule is CC1(C)c2ccccc2-c2ccc(-n3c4ccc(Br)cc4c4cc(Br)ccc43)cc21. The summed E-state index contributed by atoms with van der Waals surface area (Å²) in [5, 5.41) is 2.51. The smallest absolute Gasteiger partial charge is 0.0541 e. The molecule has 1 aliphatic carbocycles. The third-order valence-electron chi connectivity index (χ3n) is 6.51. The zero-order chi connectivity index (χ0) is 20.6. The molecule has 3 heteroatoms. The highest BCUT2D eigenvalue weighted by atomic mass is 79.9. The number of benzene rings is 4. The Morgan fingerprint density at radius 3 is 1.90 bits per heavy atom. The molecule has 0 fully saturated rings. The summed E-state index contributed by atoms with van der Waals surface area (Å²) in [4.78, 5) is 0. The summed E-state index contributed by atoms with van der Waals surface area (Å²) in [5.41, 5.74) is 9.16. The summed E-state index contributed by atoms with van der Waals surface area (Å²) in [5.74, 6) is 0. The number of aromatic nitrogens is 1. The lowest BCUT2D eigenvalue weighted by Gasteiger charge is -2.22. The number of hydrogen-bond donors (Lipinski definition) is 0. The van der Waals surface area contributed by atoms with E-state index in [1.54, 1.807) is 0 Å². The second-order valence-electron chi connectivity index (χ2n) is 8.56. The first-order valence-corrected chi connectivity index (χ1v) is 11.7. The van der Waals surface area contributed by atoms with Gasteiger partial charge >= 0.3 is 0 Å². The summed E-state index contributed by atoms with van der Waals surface area (Å²) < 4.78 is 4.59. The van der Waals surface area contributed by atoms with Crippen molar-refractivity contribution in [3.05, 3.63) is 98.9 Å². The van der Waals surface area contributed by atoms with Gasteiger partial charge in [0.25, 0.3) is 0 Å². The first kappa shape index (κ1) is 18.4. The van der Waals surface area contributed by atoms with Crippen molar-refractivity contribution in [2.75, 3.05) is 0 Å². The third-order valence-corrected chi connectivity index (χ3v) is 7.50. The van der Waals surface area contributed by atoms with Gasteiger partial charge in [0.15, 0.2) is 0 Å². The predicted molar refractivity (Wildman–Crippen MR) is 134 cm³/mol. The normalized spacial score (nSPS) is 14.3. The van der Waals surface area contributed by atoms with E-state index in [1.807, 2.05) is 0 Å². The monoisotopic (exact) mass is 515 g/mol. The molecule has 0 aliphatic heterocycles. The zero-order valence-corrected chi connectivity index (χ0v) is 19.9. The molecule has 0 radical (unpaired) electrons. The van der Waals surface area contributed by atoms with Crippen LogP contribution in [0, 0.1) is 0 Å². The highest BCUT2D eigenvalue weighted by molar-refractivity contribution is 9.10. The molecule has 1 heterocycles. The van der Waals surface area contributed by atoms with E-state index in [1.165, 1.54) is 49.7 Å². The number of fused-ring (bicyclic) bond motifs is 6. The van der Waals surface area contributed by atoms with E-state index in [4.69, 9.17) is 0 Å². The molecule has 0 amide bonds. The molecule has 0 unspecified atom stereocenters. The van der Waals surface area contributed by atoms with Crippen LogP contribution in [0.5, 0.6) is 0 Å². The molecule has 1 aromatic heterocycles. The van der Waals surface area contributed by atoms with Gasteiger partial charge in [-0.3, -0.25) is 0 Å². The van der Waals surface area contributed by atoms with Gasteiger partial charge in [0.1, 0.15) is 0 Å². The van der Waals surface area contributed by atoms with Crippen LogP contribution in [-0.4, -0.2) is 4.57 Å². The standard InChI is InChI=1S/C27H19Br2N/c1-27(2)23-6-4-3-5-19(23)20-10-9-18(15-24(20)27)30-25-11-7-16(28)13-21(25)22-14-17(29)8-12-26(22)30/h3-15H,1-2H3. The van der Waals surface area contributed by atoms with Gasteiger partial charge in [0, 0.05) is 30.8 Å². The van der Waals surface area contributed by atoms with Crippen molar-refractivity contribution in [1.82, 2.24) is 4.57 Å². The van der Waals surface area contributed by atoms with Crippen molar-refractivity contribution in [3.8, 4) is 16.8 Å². The van der Waals surface area contributed by atoms with Crippen LogP contribution in [0.25, 0.3) is 38.6 Å². The lowest BCUT2D eigenvalue weighted by Crippen LogP contribution is -2.15. The van der Waals surface area contributed by atoms with Gasteiger partial charge in [-0.1, -0.05) is 76.0 Å². The van der Waals surface area contributed by atoms with Crippen molar-refractivity contribution in [1.29, 1.82) is 0 Å². The summed E-state index contributed by atoms with van der Waals surface area (Å²) in [6, 6.07) is 28.9. The van der Waals surface area contributed by atoms with Gasteiger partial charge < -0.3 is 4.57 Å². The quantitative estimate of drug-likeness (QED) is 0.210. The largest absolute Gasteiger partial charge is 0.309 e. The van der Waals surface area contributed by atoms with Crippen molar-refractivity contribution in [2.24, 2.45) is 0 Å². The Morgan fingerprint density at radius 2 is 1.23 bits per heavy atom. The van der Waals surface area contributed by atoms with Crippen molar-refractivity contribution in [3.63, 3.8) is 0 Å². The van der Waals surface area contributed by atoms with E-state index in [0.717, 1.165) is 8.95 Å². The number of hydrogen-bond acceptors (Lipinski definition) is 0. The Kier molecular flexibility index (Phi) is 3.88. The first-order chi connectivity index (χ1) is 14.4. The molecule has 4 aromatic carbocycles. The maximum Gasteiger partial charge on any atom is 0.0541 e. The first-order valence-electron chi connectivity index (χ1n) is 10.1. The van der Waals surface area contributed by atoms with Crippen LogP contribution in [0.3, 0.4) is 0 Å². The maximum absolute atomic E-state index is 3.65. The van der Waals surface area contributed by atoms with Crippen LogP contribution in [0.15, 0.2) is 87.8 Å². The fourth-order valence-electron chi connectivity index (χ4n) is 5.08. The number of rotatable bonds is 1. The molecule has 0 bridgehead atoms. The Balaban J connectivity index is 1.68. The second-order valence-corrected chi connectivity index (χ2v) is 10.4. The Bertz CT molecular complexity index is 1430. The predicted octanol–water partition coefficient (Wildman–Crippen LogP) is 8.62. The average Bonchev–Trinajstić information content (AvgIpc) is 3.17. The molecular weight excluding hydrogens is 498 g/mol. The van der Waals surface area contributed by atoms with Crippen LogP contribution < -0.4 is 0 Å². The van der Waals surface area contributed by atoms with E-state index in [2.05, 4.69) is 129 Å². The lowest BCUT2D eigenvalue weighted by molar-refractivity contribution is 0.660. The minimum absolute atomic E-state index is 0.00719. The molecule has 0 spiro atoms.